The summed E-state index contributed by atoms with van der Waals surface area (Å²) in [7, 11) is 0. The Labute approximate surface area is 323 Å². The second-order valence-electron chi connectivity index (χ2n) is 14.7. The monoisotopic (exact) mass is 867 g/mol. The summed E-state index contributed by atoms with van der Waals surface area (Å²) in [6, 6.07) is 35.1. The van der Waals surface area contributed by atoms with E-state index in [1.165, 1.54) is 33.5 Å². The van der Waals surface area contributed by atoms with Gasteiger partial charge in [0.2, 0.25) is 0 Å². The molecule has 4 aromatic carbocycles. The van der Waals surface area contributed by atoms with Crippen LogP contribution in [0.4, 0.5) is 0 Å². The second kappa shape index (κ2) is 15.2. The summed E-state index contributed by atoms with van der Waals surface area (Å²) in [4.78, 5) is 4.79. The van der Waals surface area contributed by atoms with E-state index < -0.39 is 0 Å². The summed E-state index contributed by atoms with van der Waals surface area (Å²) in [6.45, 7) is 17.8. The number of benzene rings is 4. The van der Waals surface area contributed by atoms with Crippen molar-refractivity contribution in [2.75, 3.05) is 0 Å². The van der Waals surface area contributed by atoms with Crippen molar-refractivity contribution in [2.24, 2.45) is 0 Å². The third-order valence-electron chi connectivity index (χ3n) is 9.91. The van der Waals surface area contributed by atoms with Gasteiger partial charge in [0, 0.05) is 34.5 Å². The van der Waals surface area contributed by atoms with E-state index in [0.29, 0.717) is 11.5 Å². The number of para-hydroxylation sites is 1. The Bertz CT molecular complexity index is 2350. The first-order valence-corrected chi connectivity index (χ1v) is 18.4. The average Bonchev–Trinajstić information content (AvgIpc) is 3.63. The maximum atomic E-state index is 6.74. The zero-order valence-corrected chi connectivity index (χ0v) is 33.9. The Morgan fingerprint density at radius 1 is 0.750 bits per heavy atom. The Hall–Kier alpha value is -4.47. The molecule has 0 radical (unpaired) electrons. The van der Waals surface area contributed by atoms with Crippen molar-refractivity contribution in [3.8, 4) is 34.1 Å². The molecule has 0 N–H and O–H groups in total. The topological polar surface area (TPSA) is 44.9 Å². The third-order valence-corrected chi connectivity index (χ3v) is 9.91. The van der Waals surface area contributed by atoms with Gasteiger partial charge in [-0.2, -0.15) is 11.2 Å². The number of aryl methyl sites for hydroxylation is 4. The van der Waals surface area contributed by atoms with E-state index in [2.05, 4.69) is 150 Å². The van der Waals surface area contributed by atoms with Crippen LogP contribution in [0, 0.1) is 26.0 Å². The summed E-state index contributed by atoms with van der Waals surface area (Å²) >= 11 is 0. The molecule has 7 aromatic rings. The molecular weight excluding hydrogens is 820 g/mol. The van der Waals surface area contributed by atoms with Gasteiger partial charge in [0.15, 0.2) is 0 Å². The zero-order valence-electron chi connectivity index (χ0n) is 31.6. The van der Waals surface area contributed by atoms with Crippen LogP contribution in [0.2, 0.25) is 0 Å². The summed E-state index contributed by atoms with van der Waals surface area (Å²) in [6.07, 6.45) is 6.68. The maximum Gasteiger partial charge on any atom is 2.00 e. The quantitative estimate of drug-likeness (QED) is 0.129. The fourth-order valence-electron chi connectivity index (χ4n) is 7.30. The molecule has 0 saturated carbocycles. The fourth-order valence-corrected chi connectivity index (χ4v) is 7.30. The molecular formula is C46H48N4OPt. The van der Waals surface area contributed by atoms with E-state index in [-0.39, 0.29) is 26.5 Å². The van der Waals surface area contributed by atoms with Crippen molar-refractivity contribution in [3.63, 3.8) is 0 Å². The molecule has 0 bridgehead atoms. The van der Waals surface area contributed by atoms with E-state index >= 15 is 0 Å². The molecule has 6 heteroatoms. The number of rotatable bonds is 10. The van der Waals surface area contributed by atoms with Crippen molar-refractivity contribution in [3.05, 3.63) is 131 Å². The van der Waals surface area contributed by atoms with Crippen LogP contribution < -0.4 is 4.74 Å². The molecule has 0 aliphatic carbocycles. The van der Waals surface area contributed by atoms with Gasteiger partial charge in [-0.1, -0.05) is 96.3 Å². The molecule has 268 valence electrons. The Balaban J connectivity index is 0.00000464. The van der Waals surface area contributed by atoms with E-state index in [4.69, 9.17) is 14.8 Å². The van der Waals surface area contributed by atoms with Gasteiger partial charge in [0.1, 0.15) is 5.82 Å². The van der Waals surface area contributed by atoms with Gasteiger partial charge >= 0.3 is 21.1 Å². The second-order valence-corrected chi connectivity index (χ2v) is 14.7. The molecule has 3 aromatic heterocycles. The molecule has 0 atom stereocenters. The van der Waals surface area contributed by atoms with Crippen LogP contribution in [0.15, 0.2) is 85.1 Å². The molecule has 52 heavy (non-hydrogen) atoms. The fraction of sp³-hybridized carbons (Fsp3) is 0.304. The first-order chi connectivity index (χ1) is 24.6. The molecule has 0 fully saturated rings. The summed E-state index contributed by atoms with van der Waals surface area (Å²) in [5, 5.41) is 7.62. The van der Waals surface area contributed by atoms with Crippen LogP contribution in [0.5, 0.6) is 11.5 Å². The Kier molecular flexibility index (Phi) is 10.9. The molecule has 3 heterocycles. The first kappa shape index (κ1) is 37.3. The SMILES string of the molecule is CCCc1nn(-c2[c-]c(Oc3[c-]c4c(cc3)c3ccccc3n4-c3cc(CC)ccn3)cc(C(C)(C)C)c2)c(CCC)c1-c1c(C)cccc1C.[Pt+2]. The summed E-state index contributed by atoms with van der Waals surface area (Å²) in [5.74, 6) is 2.15. The number of fused-ring (bicyclic) bond motifs is 3. The standard InChI is InChI=1S/C46H48N4O.Pt/c1-9-15-39-45(44-30(4)17-14-18-31(44)5)41(16-10-2)50(48-39)34-26-33(46(6,7)8)27-36(28-34)51-35-21-22-38-37-19-12-13-20-40(37)49(42(38)29-35)43-25-32(11-3)23-24-47-43;/h12-14,17-27H,9-11,15-16H2,1-8H3;/q-2;+2. The normalized spacial score (nSPS) is 11.7. The Morgan fingerprint density at radius 3 is 2.21 bits per heavy atom. The van der Waals surface area contributed by atoms with E-state index in [9.17, 15) is 0 Å². The predicted molar refractivity (Wildman–Crippen MR) is 211 cm³/mol. The predicted octanol–water partition coefficient (Wildman–Crippen LogP) is 11.8. The molecule has 0 unspecified atom stereocenters. The third kappa shape index (κ3) is 7.00. The zero-order chi connectivity index (χ0) is 35.9. The Morgan fingerprint density at radius 2 is 1.50 bits per heavy atom. The van der Waals surface area contributed by atoms with Gasteiger partial charge in [0.05, 0.1) is 5.69 Å². The van der Waals surface area contributed by atoms with Gasteiger partial charge < -0.3 is 9.30 Å². The summed E-state index contributed by atoms with van der Waals surface area (Å²) < 4.78 is 11.1. The molecule has 0 spiro atoms. The molecule has 0 aliphatic rings. The van der Waals surface area contributed by atoms with E-state index in [1.54, 1.807) is 0 Å². The van der Waals surface area contributed by atoms with Crippen LogP contribution in [-0.2, 0) is 45.7 Å². The van der Waals surface area contributed by atoms with Crippen molar-refractivity contribution in [2.45, 2.75) is 92.9 Å². The van der Waals surface area contributed by atoms with Crippen LogP contribution in [0.1, 0.15) is 88.0 Å². The van der Waals surface area contributed by atoms with E-state index in [1.807, 2.05) is 12.3 Å². The van der Waals surface area contributed by atoms with Crippen LogP contribution in [-0.4, -0.2) is 19.3 Å². The number of nitrogens with zero attached hydrogens (tertiary/aromatic N) is 4. The maximum absolute atomic E-state index is 6.74. The first-order valence-electron chi connectivity index (χ1n) is 18.4. The largest absolute Gasteiger partial charge is 2.00 e. The molecule has 0 amide bonds. The van der Waals surface area contributed by atoms with Crippen molar-refractivity contribution < 1.29 is 25.8 Å². The molecule has 0 aliphatic heterocycles. The number of ether oxygens (including phenoxy) is 1. The van der Waals surface area contributed by atoms with Crippen molar-refractivity contribution >= 4 is 21.8 Å². The van der Waals surface area contributed by atoms with Crippen LogP contribution >= 0.6 is 0 Å². The van der Waals surface area contributed by atoms with Crippen LogP contribution in [0.3, 0.4) is 0 Å². The minimum atomic E-state index is -0.127. The smallest absolute Gasteiger partial charge is 0.509 e. The number of hydrogen-bond donors (Lipinski definition) is 0. The average molecular weight is 868 g/mol. The molecule has 5 nitrogen and oxygen atoms in total. The number of hydrogen-bond acceptors (Lipinski definition) is 3. The van der Waals surface area contributed by atoms with Crippen molar-refractivity contribution in [1.29, 1.82) is 0 Å². The van der Waals surface area contributed by atoms with Gasteiger partial charge in [-0.25, -0.2) is 4.98 Å². The minimum absolute atomic E-state index is 0. The number of aromatic nitrogens is 4. The van der Waals surface area contributed by atoms with E-state index in [0.717, 1.165) is 76.7 Å². The summed E-state index contributed by atoms with van der Waals surface area (Å²) in [5.41, 5.74) is 12.7. The van der Waals surface area contributed by atoms with Gasteiger partial charge in [0.25, 0.3) is 0 Å². The minimum Gasteiger partial charge on any atom is -0.509 e. The van der Waals surface area contributed by atoms with Crippen molar-refractivity contribution in [1.82, 2.24) is 19.3 Å². The number of pyridine rings is 1. The van der Waals surface area contributed by atoms with Crippen LogP contribution in [0.25, 0.3) is 44.4 Å². The molecule has 7 rings (SSSR count). The van der Waals surface area contributed by atoms with Gasteiger partial charge in [-0.15, -0.1) is 41.3 Å². The van der Waals surface area contributed by atoms with Gasteiger partial charge in [-0.05, 0) is 90.1 Å². The van der Waals surface area contributed by atoms with Gasteiger partial charge in [-0.3, -0.25) is 4.68 Å². The molecule has 0 saturated heterocycles.